The molecule has 4 heteroatoms. The highest BCUT2D eigenvalue weighted by molar-refractivity contribution is 9.10. The third kappa shape index (κ3) is 4.31. The van der Waals surface area contributed by atoms with E-state index < -0.39 is 0 Å². The molecule has 0 heterocycles. The first-order chi connectivity index (χ1) is 9.28. The summed E-state index contributed by atoms with van der Waals surface area (Å²) in [5.41, 5.74) is 0.624. The van der Waals surface area contributed by atoms with E-state index in [1.807, 2.05) is 24.3 Å². The Kier molecular flexibility index (Phi) is 4.82. The van der Waals surface area contributed by atoms with Crippen molar-refractivity contribution in [3.05, 3.63) is 58.6 Å². The number of hydrogen-bond acceptors (Lipinski definition) is 3. The van der Waals surface area contributed by atoms with Crippen molar-refractivity contribution in [3.63, 3.8) is 0 Å². The number of hydrogen-bond donors (Lipinski definition) is 0. The SMILES string of the molecule is N#Cc1ccc(OCCOc2ccc(Br)cc2)cc1. The van der Waals surface area contributed by atoms with Gasteiger partial charge in [-0.15, -0.1) is 0 Å². The molecule has 0 unspecified atom stereocenters. The van der Waals surface area contributed by atoms with Gasteiger partial charge in [0.25, 0.3) is 0 Å². The summed E-state index contributed by atoms with van der Waals surface area (Å²) in [6.45, 7) is 0.934. The third-order valence-electron chi connectivity index (χ3n) is 2.42. The van der Waals surface area contributed by atoms with Gasteiger partial charge in [-0.2, -0.15) is 5.26 Å². The topological polar surface area (TPSA) is 42.2 Å². The highest BCUT2D eigenvalue weighted by Crippen LogP contribution is 2.16. The molecule has 3 nitrogen and oxygen atoms in total. The summed E-state index contributed by atoms with van der Waals surface area (Å²) >= 11 is 3.37. The molecule has 0 saturated heterocycles. The summed E-state index contributed by atoms with van der Waals surface area (Å²) in [6.07, 6.45) is 0. The molecule has 2 aromatic carbocycles. The quantitative estimate of drug-likeness (QED) is 0.788. The molecule has 0 spiro atoms. The molecule has 2 rings (SSSR count). The van der Waals surface area contributed by atoms with Crippen LogP contribution in [0.2, 0.25) is 0 Å². The second-order valence-corrected chi connectivity index (χ2v) is 4.70. The van der Waals surface area contributed by atoms with Crippen molar-refractivity contribution in [1.82, 2.24) is 0 Å². The predicted molar refractivity (Wildman–Crippen MR) is 76.3 cm³/mol. The van der Waals surface area contributed by atoms with Crippen LogP contribution in [0.1, 0.15) is 5.56 Å². The van der Waals surface area contributed by atoms with E-state index in [-0.39, 0.29) is 0 Å². The Labute approximate surface area is 120 Å². The summed E-state index contributed by atoms with van der Waals surface area (Å²) in [7, 11) is 0. The van der Waals surface area contributed by atoms with Crippen molar-refractivity contribution in [2.75, 3.05) is 13.2 Å². The van der Waals surface area contributed by atoms with Gasteiger partial charge >= 0.3 is 0 Å². The lowest BCUT2D eigenvalue weighted by molar-refractivity contribution is 0.217. The van der Waals surface area contributed by atoms with Crippen LogP contribution in [0.15, 0.2) is 53.0 Å². The smallest absolute Gasteiger partial charge is 0.122 e. The van der Waals surface area contributed by atoms with Crippen molar-refractivity contribution >= 4 is 15.9 Å². The summed E-state index contributed by atoms with van der Waals surface area (Å²) in [6, 6.07) is 16.7. The Hall–Kier alpha value is -1.99. The minimum atomic E-state index is 0.460. The molecular formula is C15H12BrNO2. The van der Waals surface area contributed by atoms with E-state index in [0.717, 1.165) is 16.0 Å². The summed E-state index contributed by atoms with van der Waals surface area (Å²) in [5, 5.41) is 8.67. The predicted octanol–water partition coefficient (Wildman–Crippen LogP) is 3.78. The second-order valence-electron chi connectivity index (χ2n) is 3.79. The van der Waals surface area contributed by atoms with Crippen LogP contribution in [-0.2, 0) is 0 Å². The molecule has 0 amide bonds. The van der Waals surface area contributed by atoms with Gasteiger partial charge in [-0.1, -0.05) is 15.9 Å². The molecule has 0 radical (unpaired) electrons. The van der Waals surface area contributed by atoms with Gasteiger partial charge in [0.15, 0.2) is 0 Å². The Balaban J connectivity index is 1.74. The van der Waals surface area contributed by atoms with Crippen molar-refractivity contribution in [3.8, 4) is 17.6 Å². The van der Waals surface area contributed by atoms with Crippen molar-refractivity contribution in [2.45, 2.75) is 0 Å². The van der Waals surface area contributed by atoms with Crippen molar-refractivity contribution < 1.29 is 9.47 Å². The van der Waals surface area contributed by atoms with Gasteiger partial charge in [-0.3, -0.25) is 0 Å². The molecule has 0 aliphatic heterocycles. The van der Waals surface area contributed by atoms with Crippen LogP contribution in [0.25, 0.3) is 0 Å². The fraction of sp³-hybridized carbons (Fsp3) is 0.133. The number of nitrogens with zero attached hydrogens (tertiary/aromatic N) is 1. The highest BCUT2D eigenvalue weighted by Gasteiger charge is 1.96. The molecule has 0 aliphatic carbocycles. The molecule has 96 valence electrons. The van der Waals surface area contributed by atoms with Gasteiger partial charge < -0.3 is 9.47 Å². The summed E-state index contributed by atoms with van der Waals surface area (Å²) < 4.78 is 12.1. The maximum Gasteiger partial charge on any atom is 0.122 e. The van der Waals surface area contributed by atoms with Crippen LogP contribution in [-0.4, -0.2) is 13.2 Å². The zero-order chi connectivity index (χ0) is 13.5. The number of rotatable bonds is 5. The molecule has 0 N–H and O–H groups in total. The van der Waals surface area contributed by atoms with Gasteiger partial charge in [0.05, 0.1) is 11.6 Å². The third-order valence-corrected chi connectivity index (χ3v) is 2.95. The van der Waals surface area contributed by atoms with E-state index in [9.17, 15) is 0 Å². The van der Waals surface area contributed by atoms with Gasteiger partial charge in [0.2, 0.25) is 0 Å². The van der Waals surface area contributed by atoms with Crippen LogP contribution in [0.4, 0.5) is 0 Å². The molecule has 2 aromatic rings. The van der Waals surface area contributed by atoms with E-state index in [1.165, 1.54) is 0 Å². The number of halogens is 1. The molecule has 0 aromatic heterocycles. The normalized spacial score (nSPS) is 9.68. The standard InChI is InChI=1S/C15H12BrNO2/c16-13-3-7-15(8-4-13)19-10-9-18-14-5-1-12(11-17)2-6-14/h1-8H,9-10H2. The van der Waals surface area contributed by atoms with Crippen molar-refractivity contribution in [1.29, 1.82) is 5.26 Å². The lowest BCUT2D eigenvalue weighted by Crippen LogP contribution is -2.08. The maximum absolute atomic E-state index is 8.67. The lowest BCUT2D eigenvalue weighted by Gasteiger charge is -2.08. The molecule has 0 saturated carbocycles. The van der Waals surface area contributed by atoms with Crippen LogP contribution >= 0.6 is 15.9 Å². The van der Waals surface area contributed by atoms with E-state index in [4.69, 9.17) is 14.7 Å². The zero-order valence-corrected chi connectivity index (χ0v) is 11.8. The van der Waals surface area contributed by atoms with Gasteiger partial charge in [-0.25, -0.2) is 0 Å². The Morgan fingerprint density at radius 2 is 1.32 bits per heavy atom. The Bertz CT molecular complexity index is 558. The lowest BCUT2D eigenvalue weighted by atomic mass is 10.2. The van der Waals surface area contributed by atoms with Gasteiger partial charge in [-0.05, 0) is 48.5 Å². The first kappa shape index (κ1) is 13.4. The molecule has 19 heavy (non-hydrogen) atoms. The van der Waals surface area contributed by atoms with Crippen LogP contribution in [0, 0.1) is 11.3 Å². The maximum atomic E-state index is 8.67. The monoisotopic (exact) mass is 317 g/mol. The summed E-state index contributed by atoms with van der Waals surface area (Å²) in [5.74, 6) is 1.55. The minimum Gasteiger partial charge on any atom is -0.490 e. The average molecular weight is 318 g/mol. The van der Waals surface area contributed by atoms with E-state index in [0.29, 0.717) is 18.8 Å². The van der Waals surface area contributed by atoms with Gasteiger partial charge in [0, 0.05) is 4.47 Å². The average Bonchev–Trinajstić information content (AvgIpc) is 2.46. The first-order valence-electron chi connectivity index (χ1n) is 5.79. The van der Waals surface area contributed by atoms with E-state index in [2.05, 4.69) is 22.0 Å². The minimum absolute atomic E-state index is 0.460. The van der Waals surface area contributed by atoms with E-state index in [1.54, 1.807) is 24.3 Å². The Morgan fingerprint density at radius 3 is 1.79 bits per heavy atom. The van der Waals surface area contributed by atoms with Crippen LogP contribution in [0.5, 0.6) is 11.5 Å². The first-order valence-corrected chi connectivity index (χ1v) is 6.58. The van der Waals surface area contributed by atoms with E-state index >= 15 is 0 Å². The molecule has 0 bridgehead atoms. The number of ether oxygens (including phenoxy) is 2. The second kappa shape index (κ2) is 6.81. The largest absolute Gasteiger partial charge is 0.490 e. The molecule has 0 fully saturated rings. The van der Waals surface area contributed by atoms with Crippen LogP contribution < -0.4 is 9.47 Å². The van der Waals surface area contributed by atoms with Gasteiger partial charge in [0.1, 0.15) is 24.7 Å². The zero-order valence-electron chi connectivity index (χ0n) is 10.2. The fourth-order valence-electron chi connectivity index (χ4n) is 1.48. The Morgan fingerprint density at radius 1 is 0.842 bits per heavy atom. The number of nitriles is 1. The highest BCUT2D eigenvalue weighted by atomic mass is 79.9. The fourth-order valence-corrected chi connectivity index (χ4v) is 1.74. The number of benzene rings is 2. The molecular weight excluding hydrogens is 306 g/mol. The van der Waals surface area contributed by atoms with Crippen LogP contribution in [0.3, 0.4) is 0 Å². The molecule has 0 aliphatic rings. The van der Waals surface area contributed by atoms with Crippen molar-refractivity contribution in [2.24, 2.45) is 0 Å². The summed E-state index contributed by atoms with van der Waals surface area (Å²) in [4.78, 5) is 0. The molecule has 0 atom stereocenters.